The van der Waals surface area contributed by atoms with E-state index >= 15 is 0 Å². The van der Waals surface area contributed by atoms with Crippen molar-refractivity contribution in [2.24, 2.45) is 0 Å². The van der Waals surface area contributed by atoms with Crippen LogP contribution < -0.4 is 5.32 Å². The third-order valence-electron chi connectivity index (χ3n) is 6.06. The van der Waals surface area contributed by atoms with Gasteiger partial charge in [0.05, 0.1) is 0 Å². The fourth-order valence-corrected chi connectivity index (χ4v) is 4.11. The summed E-state index contributed by atoms with van der Waals surface area (Å²) in [7, 11) is 0. The van der Waals surface area contributed by atoms with Gasteiger partial charge >= 0.3 is 0 Å². The molecule has 1 N–H and O–H groups in total. The summed E-state index contributed by atoms with van der Waals surface area (Å²) in [6.07, 6.45) is 26.9. The van der Waals surface area contributed by atoms with Gasteiger partial charge in [-0.3, -0.25) is 4.79 Å². The maximum absolute atomic E-state index is 11.9. The lowest BCUT2D eigenvalue weighted by atomic mass is 10.0. The van der Waals surface area contributed by atoms with Crippen LogP contribution in [0.5, 0.6) is 0 Å². The molecule has 0 bridgehead atoms. The van der Waals surface area contributed by atoms with Crippen molar-refractivity contribution in [3.63, 3.8) is 0 Å². The largest absolute Gasteiger partial charge is 0.326 e. The smallest absolute Gasteiger partial charge is 0.224 e. The number of para-hydroxylation sites is 1. The van der Waals surface area contributed by atoms with E-state index in [1.807, 2.05) is 30.3 Å². The fourth-order valence-electron chi connectivity index (χ4n) is 4.11. The van der Waals surface area contributed by atoms with E-state index in [0.29, 0.717) is 6.42 Å². The normalized spacial score (nSPS) is 11.0. The molecule has 1 amide bonds. The number of benzene rings is 1. The summed E-state index contributed by atoms with van der Waals surface area (Å²) in [6, 6.07) is 9.75. The van der Waals surface area contributed by atoms with Crippen molar-refractivity contribution >= 4 is 11.6 Å². The molecule has 1 aromatic carbocycles. The second kappa shape index (κ2) is 20.9. The SMILES string of the molecule is CCCCCCCCCCCCCCCCCCCCCC(=O)Nc1ccccc1. The lowest BCUT2D eigenvalue weighted by molar-refractivity contribution is -0.116. The molecule has 0 saturated heterocycles. The quantitative estimate of drug-likeness (QED) is 0.199. The van der Waals surface area contributed by atoms with Crippen molar-refractivity contribution in [2.45, 2.75) is 135 Å². The molecule has 0 unspecified atom stereocenters. The van der Waals surface area contributed by atoms with E-state index in [1.54, 1.807) is 0 Å². The maximum Gasteiger partial charge on any atom is 0.224 e. The molecular formula is C28H49NO. The second-order valence-electron chi connectivity index (χ2n) is 9.03. The minimum absolute atomic E-state index is 0.146. The van der Waals surface area contributed by atoms with Gasteiger partial charge in [0, 0.05) is 12.1 Å². The van der Waals surface area contributed by atoms with Gasteiger partial charge in [-0.15, -0.1) is 0 Å². The number of unbranched alkanes of at least 4 members (excludes halogenated alkanes) is 18. The van der Waals surface area contributed by atoms with Crippen molar-refractivity contribution in [1.29, 1.82) is 0 Å². The van der Waals surface area contributed by atoms with Gasteiger partial charge in [0.2, 0.25) is 5.91 Å². The Morgan fingerprint density at radius 1 is 0.567 bits per heavy atom. The number of hydrogen-bond acceptors (Lipinski definition) is 1. The van der Waals surface area contributed by atoms with E-state index in [9.17, 15) is 4.79 Å². The average Bonchev–Trinajstić information content (AvgIpc) is 2.76. The summed E-state index contributed by atoms with van der Waals surface area (Å²) in [5, 5.41) is 2.96. The standard InChI is InChI=1S/C28H49NO/c1-2-3-4-5-6-7-8-9-10-11-12-13-14-15-16-17-18-19-23-26-28(30)29-27-24-21-20-22-25-27/h20-22,24-25H,2-19,23,26H2,1H3,(H,29,30). The van der Waals surface area contributed by atoms with Gasteiger partial charge in [-0.1, -0.05) is 141 Å². The zero-order valence-corrected chi connectivity index (χ0v) is 19.9. The summed E-state index contributed by atoms with van der Waals surface area (Å²) >= 11 is 0. The Bertz CT molecular complexity index is 485. The topological polar surface area (TPSA) is 29.1 Å². The van der Waals surface area contributed by atoms with Crippen molar-refractivity contribution < 1.29 is 4.79 Å². The molecule has 0 fully saturated rings. The van der Waals surface area contributed by atoms with Crippen molar-refractivity contribution in [3.8, 4) is 0 Å². The number of rotatable bonds is 21. The number of amides is 1. The van der Waals surface area contributed by atoms with Crippen LogP contribution in [0.2, 0.25) is 0 Å². The molecular weight excluding hydrogens is 366 g/mol. The Hall–Kier alpha value is -1.31. The van der Waals surface area contributed by atoms with Crippen LogP contribution in [0.15, 0.2) is 30.3 Å². The van der Waals surface area contributed by atoms with Crippen LogP contribution in [0.25, 0.3) is 0 Å². The molecule has 172 valence electrons. The van der Waals surface area contributed by atoms with E-state index < -0.39 is 0 Å². The molecule has 0 spiro atoms. The van der Waals surface area contributed by atoms with Crippen LogP contribution in [0.1, 0.15) is 135 Å². The Morgan fingerprint density at radius 3 is 1.33 bits per heavy atom. The number of carbonyl (C=O) groups excluding carboxylic acids is 1. The summed E-state index contributed by atoms with van der Waals surface area (Å²) < 4.78 is 0. The zero-order chi connectivity index (χ0) is 21.5. The molecule has 0 radical (unpaired) electrons. The Balaban J connectivity index is 1.72. The average molecular weight is 416 g/mol. The molecule has 1 rings (SSSR count). The highest BCUT2D eigenvalue weighted by Gasteiger charge is 2.01. The van der Waals surface area contributed by atoms with Crippen LogP contribution in [-0.2, 0) is 4.79 Å². The zero-order valence-electron chi connectivity index (χ0n) is 19.9. The molecule has 0 aliphatic rings. The molecule has 0 atom stereocenters. The summed E-state index contributed by atoms with van der Waals surface area (Å²) in [5.74, 6) is 0.146. The highest BCUT2D eigenvalue weighted by molar-refractivity contribution is 5.90. The van der Waals surface area contributed by atoms with Crippen LogP contribution in [0.4, 0.5) is 5.69 Å². The maximum atomic E-state index is 11.9. The Morgan fingerprint density at radius 2 is 0.933 bits per heavy atom. The fraction of sp³-hybridized carbons (Fsp3) is 0.750. The minimum atomic E-state index is 0.146. The lowest BCUT2D eigenvalue weighted by Gasteiger charge is -2.05. The van der Waals surface area contributed by atoms with Gasteiger partial charge in [0.15, 0.2) is 0 Å². The predicted molar refractivity (Wildman–Crippen MR) is 133 cm³/mol. The summed E-state index contributed by atoms with van der Waals surface area (Å²) in [5.41, 5.74) is 0.903. The molecule has 2 nitrogen and oxygen atoms in total. The Kier molecular flexibility index (Phi) is 18.7. The Labute approximate surface area is 187 Å². The minimum Gasteiger partial charge on any atom is -0.326 e. The first-order valence-corrected chi connectivity index (χ1v) is 13.2. The van der Waals surface area contributed by atoms with E-state index in [4.69, 9.17) is 0 Å². The second-order valence-corrected chi connectivity index (χ2v) is 9.03. The van der Waals surface area contributed by atoms with Gasteiger partial charge in [-0.2, -0.15) is 0 Å². The van der Waals surface area contributed by atoms with Crippen molar-refractivity contribution in [2.75, 3.05) is 5.32 Å². The molecule has 0 aliphatic carbocycles. The highest BCUT2D eigenvalue weighted by atomic mass is 16.1. The number of anilines is 1. The van der Waals surface area contributed by atoms with E-state index in [2.05, 4.69) is 12.2 Å². The van der Waals surface area contributed by atoms with Crippen LogP contribution in [0.3, 0.4) is 0 Å². The number of hydrogen-bond donors (Lipinski definition) is 1. The van der Waals surface area contributed by atoms with E-state index in [1.165, 1.54) is 116 Å². The van der Waals surface area contributed by atoms with Gasteiger partial charge < -0.3 is 5.32 Å². The first kappa shape index (κ1) is 26.7. The molecule has 30 heavy (non-hydrogen) atoms. The van der Waals surface area contributed by atoms with Crippen molar-refractivity contribution in [3.05, 3.63) is 30.3 Å². The first-order chi connectivity index (χ1) is 14.8. The molecule has 2 heteroatoms. The first-order valence-electron chi connectivity index (χ1n) is 13.2. The van der Waals surface area contributed by atoms with E-state index in [0.717, 1.165) is 12.1 Å². The summed E-state index contributed by atoms with van der Waals surface area (Å²) in [6.45, 7) is 2.29. The van der Waals surface area contributed by atoms with E-state index in [-0.39, 0.29) is 5.91 Å². The third kappa shape index (κ3) is 17.5. The molecule has 0 aliphatic heterocycles. The van der Waals surface area contributed by atoms with Gasteiger partial charge in [0.25, 0.3) is 0 Å². The molecule has 0 saturated carbocycles. The van der Waals surface area contributed by atoms with Gasteiger partial charge in [-0.05, 0) is 18.6 Å². The number of carbonyl (C=O) groups is 1. The van der Waals surface area contributed by atoms with Crippen molar-refractivity contribution in [1.82, 2.24) is 0 Å². The molecule has 0 heterocycles. The lowest BCUT2D eigenvalue weighted by Crippen LogP contribution is -2.10. The highest BCUT2D eigenvalue weighted by Crippen LogP contribution is 2.15. The predicted octanol–water partition coefficient (Wildman–Crippen LogP) is 9.45. The molecule has 1 aromatic rings. The van der Waals surface area contributed by atoms with Crippen LogP contribution in [-0.4, -0.2) is 5.91 Å². The monoisotopic (exact) mass is 415 g/mol. The molecule has 0 aromatic heterocycles. The van der Waals surface area contributed by atoms with Crippen LogP contribution in [0, 0.1) is 0 Å². The van der Waals surface area contributed by atoms with Gasteiger partial charge in [-0.25, -0.2) is 0 Å². The van der Waals surface area contributed by atoms with Gasteiger partial charge in [0.1, 0.15) is 0 Å². The summed E-state index contributed by atoms with van der Waals surface area (Å²) in [4.78, 5) is 11.9. The van der Waals surface area contributed by atoms with Crippen LogP contribution >= 0.6 is 0 Å². The number of nitrogens with one attached hydrogen (secondary N) is 1. The third-order valence-corrected chi connectivity index (χ3v) is 6.06.